The van der Waals surface area contributed by atoms with E-state index in [1.165, 1.54) is 0 Å². The van der Waals surface area contributed by atoms with Gasteiger partial charge in [0.2, 0.25) is 0 Å². The highest BCUT2D eigenvalue weighted by Crippen LogP contribution is 2.12. The Balaban J connectivity index is 0.00000144. The molecule has 0 bridgehead atoms. The molecule has 0 saturated carbocycles. The minimum atomic E-state index is 0. The molecule has 1 aliphatic rings. The molecule has 1 unspecified atom stereocenters. The lowest BCUT2D eigenvalue weighted by Crippen LogP contribution is -2.51. The Hall–Kier alpha value is -1.06. The van der Waals surface area contributed by atoms with Crippen molar-refractivity contribution < 1.29 is 4.79 Å². The van der Waals surface area contributed by atoms with Crippen molar-refractivity contribution in [2.24, 2.45) is 0 Å². The van der Waals surface area contributed by atoms with Gasteiger partial charge in [0.1, 0.15) is 0 Å². The largest absolute Gasteiger partial charge is 0.336 e. The first-order valence-corrected chi connectivity index (χ1v) is 5.77. The molecule has 1 aromatic rings. The fraction of sp³-hybridized carbons (Fsp3) is 0.462. The van der Waals surface area contributed by atoms with Crippen molar-refractivity contribution in [3.05, 3.63) is 35.4 Å². The molecule has 1 saturated heterocycles. The van der Waals surface area contributed by atoms with Crippen LogP contribution in [0.4, 0.5) is 0 Å². The van der Waals surface area contributed by atoms with Crippen molar-refractivity contribution in [1.82, 2.24) is 10.2 Å². The van der Waals surface area contributed by atoms with Crippen molar-refractivity contribution in [3.63, 3.8) is 0 Å². The monoisotopic (exact) mass is 254 g/mol. The maximum Gasteiger partial charge on any atom is 0.254 e. The topological polar surface area (TPSA) is 32.3 Å². The van der Waals surface area contributed by atoms with Crippen molar-refractivity contribution >= 4 is 18.3 Å². The van der Waals surface area contributed by atoms with Gasteiger partial charge >= 0.3 is 0 Å². The molecule has 2 rings (SSSR count). The lowest BCUT2D eigenvalue weighted by Gasteiger charge is -2.32. The molecular weight excluding hydrogens is 236 g/mol. The van der Waals surface area contributed by atoms with Crippen LogP contribution in [-0.2, 0) is 0 Å². The third-order valence-electron chi connectivity index (χ3n) is 3.03. The number of nitrogens with zero attached hydrogens (tertiary/aromatic N) is 1. The summed E-state index contributed by atoms with van der Waals surface area (Å²) in [6, 6.07) is 8.17. The van der Waals surface area contributed by atoms with Crippen LogP contribution in [0.25, 0.3) is 0 Å². The maximum absolute atomic E-state index is 12.3. The van der Waals surface area contributed by atoms with Crippen LogP contribution in [0.15, 0.2) is 24.3 Å². The smallest absolute Gasteiger partial charge is 0.254 e. The summed E-state index contributed by atoms with van der Waals surface area (Å²) < 4.78 is 0. The number of amides is 1. The number of rotatable bonds is 1. The van der Waals surface area contributed by atoms with E-state index < -0.39 is 0 Å². The third-order valence-corrected chi connectivity index (χ3v) is 3.03. The van der Waals surface area contributed by atoms with Crippen molar-refractivity contribution in [1.29, 1.82) is 0 Å². The Kier molecular flexibility index (Phi) is 4.97. The average molecular weight is 255 g/mol. The zero-order chi connectivity index (χ0) is 11.5. The summed E-state index contributed by atoms with van der Waals surface area (Å²) in [5.74, 6) is 0.159. The highest BCUT2D eigenvalue weighted by molar-refractivity contribution is 5.95. The zero-order valence-corrected chi connectivity index (χ0v) is 11.1. The molecule has 0 aliphatic carbocycles. The second kappa shape index (κ2) is 6.03. The minimum Gasteiger partial charge on any atom is -0.336 e. The van der Waals surface area contributed by atoms with Gasteiger partial charge in [-0.1, -0.05) is 18.2 Å². The van der Waals surface area contributed by atoms with Crippen LogP contribution in [0.2, 0.25) is 0 Å². The van der Waals surface area contributed by atoms with E-state index in [1.54, 1.807) is 0 Å². The first-order valence-electron chi connectivity index (χ1n) is 5.77. The molecule has 0 aromatic heterocycles. The van der Waals surface area contributed by atoms with E-state index in [9.17, 15) is 4.79 Å². The number of hydrogen-bond donors (Lipinski definition) is 1. The van der Waals surface area contributed by atoms with Gasteiger partial charge in [0.05, 0.1) is 0 Å². The molecule has 0 spiro atoms. The third kappa shape index (κ3) is 3.20. The maximum atomic E-state index is 12.3. The summed E-state index contributed by atoms with van der Waals surface area (Å²) in [6.45, 7) is 6.58. The average Bonchev–Trinajstić information content (AvgIpc) is 2.29. The molecule has 1 aromatic carbocycles. The molecule has 1 fully saturated rings. The Morgan fingerprint density at radius 2 is 2.12 bits per heavy atom. The lowest BCUT2D eigenvalue weighted by atomic mass is 10.1. The second-order valence-corrected chi connectivity index (χ2v) is 4.42. The van der Waals surface area contributed by atoms with Crippen molar-refractivity contribution in [3.8, 4) is 0 Å². The van der Waals surface area contributed by atoms with Crippen molar-refractivity contribution in [2.45, 2.75) is 19.9 Å². The van der Waals surface area contributed by atoms with Crippen LogP contribution in [0.1, 0.15) is 22.8 Å². The van der Waals surface area contributed by atoms with Crippen LogP contribution in [0.3, 0.4) is 0 Å². The first kappa shape index (κ1) is 14.0. The fourth-order valence-corrected chi connectivity index (χ4v) is 2.10. The molecule has 1 amide bonds. The SMILES string of the molecule is Cc1ccccc1C(=O)N1CCNC(C)C1.Cl. The van der Waals surface area contributed by atoms with E-state index in [2.05, 4.69) is 12.2 Å². The van der Waals surface area contributed by atoms with Crippen LogP contribution in [-0.4, -0.2) is 36.5 Å². The molecule has 0 radical (unpaired) electrons. The fourth-order valence-electron chi connectivity index (χ4n) is 2.10. The standard InChI is InChI=1S/C13H18N2O.ClH/c1-10-5-3-4-6-12(10)13(16)15-8-7-14-11(2)9-15;/h3-6,11,14H,7-9H2,1-2H3;1H. The summed E-state index contributed by atoms with van der Waals surface area (Å²) in [7, 11) is 0. The summed E-state index contributed by atoms with van der Waals surface area (Å²) in [4.78, 5) is 14.2. The van der Waals surface area contributed by atoms with Gasteiger partial charge in [-0.2, -0.15) is 0 Å². The van der Waals surface area contributed by atoms with Gasteiger partial charge in [-0.25, -0.2) is 0 Å². The van der Waals surface area contributed by atoms with E-state index in [0.717, 1.165) is 30.8 Å². The summed E-state index contributed by atoms with van der Waals surface area (Å²) in [6.07, 6.45) is 0. The van der Waals surface area contributed by atoms with Gasteiger partial charge in [0.15, 0.2) is 0 Å². The molecule has 4 heteroatoms. The Morgan fingerprint density at radius 3 is 2.76 bits per heavy atom. The number of hydrogen-bond acceptors (Lipinski definition) is 2. The van der Waals surface area contributed by atoms with Gasteiger partial charge in [-0.05, 0) is 25.5 Å². The predicted octanol–water partition coefficient (Wildman–Crippen LogP) is 1.85. The highest BCUT2D eigenvalue weighted by Gasteiger charge is 2.22. The minimum absolute atomic E-state index is 0. The summed E-state index contributed by atoms with van der Waals surface area (Å²) in [5, 5.41) is 3.34. The molecule has 3 nitrogen and oxygen atoms in total. The van der Waals surface area contributed by atoms with Gasteiger partial charge in [-0.3, -0.25) is 4.79 Å². The van der Waals surface area contributed by atoms with Crippen molar-refractivity contribution in [2.75, 3.05) is 19.6 Å². The number of piperazine rings is 1. The predicted molar refractivity (Wildman–Crippen MR) is 71.8 cm³/mol. The molecule has 1 N–H and O–H groups in total. The zero-order valence-electron chi connectivity index (χ0n) is 10.3. The van der Waals surface area contributed by atoms with Gasteiger partial charge < -0.3 is 10.2 Å². The second-order valence-electron chi connectivity index (χ2n) is 4.42. The van der Waals surface area contributed by atoms with Gasteiger partial charge in [0.25, 0.3) is 5.91 Å². The summed E-state index contributed by atoms with van der Waals surface area (Å²) in [5.41, 5.74) is 1.88. The summed E-state index contributed by atoms with van der Waals surface area (Å²) >= 11 is 0. The molecule has 1 heterocycles. The number of carbonyl (C=O) groups is 1. The van der Waals surface area contributed by atoms with Crippen LogP contribution in [0.5, 0.6) is 0 Å². The number of nitrogens with one attached hydrogen (secondary N) is 1. The molecule has 1 atom stereocenters. The van der Waals surface area contributed by atoms with Crippen LogP contribution < -0.4 is 5.32 Å². The van der Waals surface area contributed by atoms with Gasteiger partial charge in [-0.15, -0.1) is 12.4 Å². The molecule has 94 valence electrons. The first-order chi connectivity index (χ1) is 7.68. The Morgan fingerprint density at radius 1 is 1.41 bits per heavy atom. The normalized spacial score (nSPS) is 19.6. The van der Waals surface area contributed by atoms with E-state index in [4.69, 9.17) is 0 Å². The Bertz CT molecular complexity index is 395. The van der Waals surface area contributed by atoms with E-state index in [0.29, 0.717) is 6.04 Å². The molecular formula is C13H19ClN2O. The quantitative estimate of drug-likeness (QED) is 0.830. The number of benzene rings is 1. The van der Waals surface area contributed by atoms with E-state index in [-0.39, 0.29) is 18.3 Å². The van der Waals surface area contributed by atoms with Gasteiger partial charge in [0, 0.05) is 31.2 Å². The molecule has 17 heavy (non-hydrogen) atoms. The highest BCUT2D eigenvalue weighted by atomic mass is 35.5. The van der Waals surface area contributed by atoms with Crippen LogP contribution >= 0.6 is 12.4 Å². The Labute approximate surface area is 109 Å². The van der Waals surface area contributed by atoms with Crippen LogP contribution in [0, 0.1) is 6.92 Å². The number of carbonyl (C=O) groups excluding carboxylic acids is 1. The lowest BCUT2D eigenvalue weighted by molar-refractivity contribution is 0.0708. The number of halogens is 1. The molecule has 1 aliphatic heterocycles. The van der Waals surface area contributed by atoms with E-state index >= 15 is 0 Å². The van der Waals surface area contributed by atoms with E-state index in [1.807, 2.05) is 36.1 Å². The number of aryl methyl sites for hydroxylation is 1.